The Morgan fingerprint density at radius 3 is 2.42 bits per heavy atom. The highest BCUT2D eigenvalue weighted by Gasteiger charge is 2.26. The van der Waals surface area contributed by atoms with E-state index >= 15 is 0 Å². The summed E-state index contributed by atoms with van der Waals surface area (Å²) in [6.45, 7) is 3.24. The summed E-state index contributed by atoms with van der Waals surface area (Å²) in [5.74, 6) is -0.340. The molecule has 0 radical (unpaired) electrons. The lowest BCUT2D eigenvalue weighted by molar-refractivity contribution is 0.0928. The second kappa shape index (κ2) is 8.48. The molecule has 2 heterocycles. The van der Waals surface area contributed by atoms with E-state index in [0.717, 1.165) is 6.54 Å². The number of amides is 1. The second-order valence-corrected chi connectivity index (χ2v) is 8.30. The van der Waals surface area contributed by atoms with Crippen LogP contribution in [0.4, 0.5) is 0 Å². The summed E-state index contributed by atoms with van der Waals surface area (Å²) < 4.78 is 31.4. The van der Waals surface area contributed by atoms with Gasteiger partial charge in [-0.25, -0.2) is 8.42 Å². The molecule has 0 unspecified atom stereocenters. The van der Waals surface area contributed by atoms with Crippen molar-refractivity contribution in [3.8, 4) is 0 Å². The molecule has 1 saturated heterocycles. The van der Waals surface area contributed by atoms with Crippen LogP contribution in [-0.2, 0) is 16.6 Å². The van der Waals surface area contributed by atoms with Crippen molar-refractivity contribution in [3.63, 3.8) is 0 Å². The summed E-state index contributed by atoms with van der Waals surface area (Å²) in [7, 11) is -3.38. The molecular weight excluding hydrogens is 354 g/mol. The van der Waals surface area contributed by atoms with Crippen LogP contribution < -0.4 is 5.32 Å². The lowest BCUT2D eigenvalue weighted by Crippen LogP contribution is -2.49. The van der Waals surface area contributed by atoms with Gasteiger partial charge in [-0.15, -0.1) is 0 Å². The summed E-state index contributed by atoms with van der Waals surface area (Å²) in [6, 6.07) is 13.3. The van der Waals surface area contributed by atoms with Gasteiger partial charge >= 0.3 is 0 Å². The van der Waals surface area contributed by atoms with Crippen molar-refractivity contribution in [2.24, 2.45) is 0 Å². The first-order valence-electron chi connectivity index (χ1n) is 8.60. The molecule has 1 aromatic carbocycles. The quantitative estimate of drug-likeness (QED) is 0.783. The number of carbonyl (C=O) groups is 1. The Labute approximate surface area is 153 Å². The van der Waals surface area contributed by atoms with Gasteiger partial charge in [-0.3, -0.25) is 9.69 Å². The maximum atomic E-state index is 12.5. The molecule has 0 bridgehead atoms. The van der Waals surface area contributed by atoms with Crippen LogP contribution in [0.1, 0.15) is 16.1 Å². The normalized spacial score (nSPS) is 16.5. The number of rotatable bonds is 7. The van der Waals surface area contributed by atoms with Crippen LogP contribution in [-0.4, -0.2) is 62.0 Å². The molecule has 140 valence electrons. The highest BCUT2D eigenvalue weighted by atomic mass is 32.2. The number of nitrogens with one attached hydrogen (secondary N) is 1. The zero-order chi connectivity index (χ0) is 18.4. The molecule has 26 heavy (non-hydrogen) atoms. The molecule has 0 atom stereocenters. The van der Waals surface area contributed by atoms with Crippen molar-refractivity contribution < 1.29 is 17.6 Å². The highest BCUT2D eigenvalue weighted by molar-refractivity contribution is 7.89. The highest BCUT2D eigenvalue weighted by Crippen LogP contribution is 2.11. The SMILES string of the molecule is O=C(NCCS(=O)(=O)N1CCN(Cc2ccccc2)CC1)c1ccco1. The Kier molecular flexibility index (Phi) is 6.08. The minimum Gasteiger partial charge on any atom is -0.459 e. The van der Waals surface area contributed by atoms with E-state index in [9.17, 15) is 13.2 Å². The number of hydrogen-bond acceptors (Lipinski definition) is 5. The first kappa shape index (κ1) is 18.6. The van der Waals surface area contributed by atoms with Gasteiger partial charge in [0.25, 0.3) is 5.91 Å². The Balaban J connectivity index is 1.43. The van der Waals surface area contributed by atoms with Crippen LogP contribution in [0.3, 0.4) is 0 Å². The molecule has 1 aliphatic rings. The zero-order valence-corrected chi connectivity index (χ0v) is 15.3. The third-order valence-corrected chi connectivity index (χ3v) is 6.24. The minimum atomic E-state index is -3.38. The third-order valence-electron chi connectivity index (χ3n) is 4.36. The first-order valence-corrected chi connectivity index (χ1v) is 10.2. The Morgan fingerprint density at radius 2 is 1.77 bits per heavy atom. The van der Waals surface area contributed by atoms with Gasteiger partial charge in [-0.2, -0.15) is 4.31 Å². The predicted octanol–water partition coefficient (Wildman–Crippen LogP) is 1.16. The molecule has 1 amide bonds. The van der Waals surface area contributed by atoms with Crippen molar-refractivity contribution >= 4 is 15.9 Å². The Hall–Kier alpha value is -2.16. The van der Waals surface area contributed by atoms with Gasteiger partial charge in [0.2, 0.25) is 10.0 Å². The van der Waals surface area contributed by atoms with Gasteiger partial charge in [0.1, 0.15) is 0 Å². The summed E-state index contributed by atoms with van der Waals surface area (Å²) in [6.07, 6.45) is 1.40. The van der Waals surface area contributed by atoms with Gasteiger partial charge in [0.05, 0.1) is 12.0 Å². The second-order valence-electron chi connectivity index (χ2n) is 6.21. The summed E-state index contributed by atoms with van der Waals surface area (Å²) in [5, 5.41) is 2.57. The molecule has 1 fully saturated rings. The molecule has 1 aromatic heterocycles. The summed E-state index contributed by atoms with van der Waals surface area (Å²) in [5.41, 5.74) is 1.23. The van der Waals surface area contributed by atoms with Crippen molar-refractivity contribution in [2.75, 3.05) is 38.5 Å². The van der Waals surface area contributed by atoms with E-state index in [-0.39, 0.29) is 18.1 Å². The van der Waals surface area contributed by atoms with Crippen LogP contribution >= 0.6 is 0 Å². The van der Waals surface area contributed by atoms with E-state index in [1.165, 1.54) is 22.2 Å². The van der Waals surface area contributed by atoms with Crippen molar-refractivity contribution in [3.05, 3.63) is 60.1 Å². The monoisotopic (exact) mass is 377 g/mol. The predicted molar refractivity (Wildman–Crippen MR) is 98.1 cm³/mol. The van der Waals surface area contributed by atoms with Gasteiger partial charge in [-0.05, 0) is 17.7 Å². The molecule has 1 N–H and O–H groups in total. The Morgan fingerprint density at radius 1 is 1.04 bits per heavy atom. The topological polar surface area (TPSA) is 82.9 Å². The molecule has 3 rings (SSSR count). The van der Waals surface area contributed by atoms with Crippen LogP contribution in [0.15, 0.2) is 53.1 Å². The van der Waals surface area contributed by atoms with Gasteiger partial charge in [-0.1, -0.05) is 30.3 Å². The summed E-state index contributed by atoms with van der Waals surface area (Å²) in [4.78, 5) is 14.0. The lowest BCUT2D eigenvalue weighted by atomic mass is 10.2. The average Bonchev–Trinajstić information content (AvgIpc) is 3.18. The molecule has 0 spiro atoms. The van der Waals surface area contributed by atoms with E-state index in [1.807, 2.05) is 18.2 Å². The zero-order valence-electron chi connectivity index (χ0n) is 14.5. The van der Waals surface area contributed by atoms with E-state index in [4.69, 9.17) is 4.42 Å². The van der Waals surface area contributed by atoms with Crippen LogP contribution in [0, 0.1) is 0 Å². The van der Waals surface area contributed by atoms with E-state index in [2.05, 4.69) is 22.3 Å². The largest absolute Gasteiger partial charge is 0.459 e. The van der Waals surface area contributed by atoms with E-state index in [1.54, 1.807) is 6.07 Å². The van der Waals surface area contributed by atoms with Gasteiger partial charge in [0.15, 0.2) is 5.76 Å². The fourth-order valence-electron chi connectivity index (χ4n) is 2.92. The number of piperazine rings is 1. The van der Waals surface area contributed by atoms with Crippen molar-refractivity contribution in [1.82, 2.24) is 14.5 Å². The molecule has 7 nitrogen and oxygen atoms in total. The lowest BCUT2D eigenvalue weighted by Gasteiger charge is -2.34. The van der Waals surface area contributed by atoms with Crippen molar-refractivity contribution in [1.29, 1.82) is 0 Å². The number of carbonyl (C=O) groups excluding carboxylic acids is 1. The minimum absolute atomic E-state index is 0.0616. The fourth-order valence-corrected chi connectivity index (χ4v) is 4.26. The van der Waals surface area contributed by atoms with E-state index < -0.39 is 15.9 Å². The summed E-state index contributed by atoms with van der Waals surface area (Å²) >= 11 is 0. The number of furan rings is 1. The van der Waals surface area contributed by atoms with Gasteiger partial charge < -0.3 is 9.73 Å². The van der Waals surface area contributed by atoms with Gasteiger partial charge in [0, 0.05) is 39.3 Å². The average molecular weight is 377 g/mol. The molecule has 8 heteroatoms. The maximum absolute atomic E-state index is 12.5. The van der Waals surface area contributed by atoms with Crippen molar-refractivity contribution in [2.45, 2.75) is 6.54 Å². The molecule has 0 saturated carbocycles. The molecule has 0 aliphatic carbocycles. The molecular formula is C18H23N3O4S. The fraction of sp³-hybridized carbons (Fsp3) is 0.389. The van der Waals surface area contributed by atoms with Crippen LogP contribution in [0.25, 0.3) is 0 Å². The number of nitrogens with zero attached hydrogens (tertiary/aromatic N) is 2. The number of benzene rings is 1. The van der Waals surface area contributed by atoms with Crippen LogP contribution in [0.5, 0.6) is 0 Å². The molecule has 1 aliphatic heterocycles. The molecule has 2 aromatic rings. The third kappa shape index (κ3) is 4.94. The smallest absolute Gasteiger partial charge is 0.287 e. The number of hydrogen-bond donors (Lipinski definition) is 1. The first-order chi connectivity index (χ1) is 12.5. The maximum Gasteiger partial charge on any atom is 0.287 e. The Bertz CT molecular complexity index is 798. The number of sulfonamides is 1. The van der Waals surface area contributed by atoms with Crippen LogP contribution in [0.2, 0.25) is 0 Å². The standard InChI is InChI=1S/C18H23N3O4S/c22-18(17-7-4-13-25-17)19-8-14-26(23,24)21-11-9-20(10-12-21)15-16-5-2-1-3-6-16/h1-7,13H,8-12,14-15H2,(H,19,22). The van der Waals surface area contributed by atoms with E-state index in [0.29, 0.717) is 26.2 Å².